The highest BCUT2D eigenvalue weighted by Crippen LogP contribution is 2.19. The van der Waals surface area contributed by atoms with Gasteiger partial charge in [0.2, 0.25) is 0 Å². The number of thiazole rings is 1. The van der Waals surface area contributed by atoms with Gasteiger partial charge in [-0.25, -0.2) is 4.98 Å². The van der Waals surface area contributed by atoms with Gasteiger partial charge in [-0.3, -0.25) is 0 Å². The molecule has 3 nitrogen and oxygen atoms in total. The molecule has 2 rings (SSSR count). The highest BCUT2D eigenvalue weighted by molar-refractivity contribution is 7.09. The molecule has 0 amide bonds. The number of rotatable bonds is 6. The van der Waals surface area contributed by atoms with Gasteiger partial charge in [0.05, 0.1) is 17.7 Å². The van der Waals surface area contributed by atoms with Crippen molar-refractivity contribution < 1.29 is 4.74 Å². The SMILES string of the molecule is CCCNC(Cc1nc(C)cs1)C1=CCCO1. The second-order valence-electron chi connectivity index (χ2n) is 4.34. The van der Waals surface area contributed by atoms with Crippen molar-refractivity contribution in [1.29, 1.82) is 0 Å². The predicted molar refractivity (Wildman–Crippen MR) is 71.3 cm³/mol. The highest BCUT2D eigenvalue weighted by atomic mass is 32.1. The third-order valence-electron chi connectivity index (χ3n) is 2.76. The molecule has 1 aliphatic rings. The van der Waals surface area contributed by atoms with E-state index >= 15 is 0 Å². The maximum Gasteiger partial charge on any atom is 0.109 e. The minimum atomic E-state index is 0.294. The lowest BCUT2D eigenvalue weighted by atomic mass is 10.1. The van der Waals surface area contributed by atoms with Crippen LogP contribution in [0.4, 0.5) is 0 Å². The molecule has 0 fully saturated rings. The fourth-order valence-electron chi connectivity index (χ4n) is 1.94. The molecule has 0 saturated carbocycles. The first-order valence-electron chi connectivity index (χ1n) is 6.27. The number of ether oxygens (including phenoxy) is 1. The van der Waals surface area contributed by atoms with E-state index in [0.29, 0.717) is 6.04 Å². The predicted octanol–water partition coefficient (Wildman–Crippen LogP) is 2.67. The molecule has 1 aromatic rings. The first-order valence-corrected chi connectivity index (χ1v) is 7.14. The zero-order valence-electron chi connectivity index (χ0n) is 10.5. The van der Waals surface area contributed by atoms with Crippen LogP contribution in [0.5, 0.6) is 0 Å². The topological polar surface area (TPSA) is 34.2 Å². The van der Waals surface area contributed by atoms with Gasteiger partial charge in [0.1, 0.15) is 5.76 Å². The van der Waals surface area contributed by atoms with Crippen LogP contribution in [0.15, 0.2) is 17.2 Å². The molecule has 0 bridgehead atoms. The summed E-state index contributed by atoms with van der Waals surface area (Å²) in [5.41, 5.74) is 1.11. The molecule has 1 atom stereocenters. The molecule has 0 aliphatic carbocycles. The molecule has 0 aromatic carbocycles. The molecule has 4 heteroatoms. The third kappa shape index (κ3) is 3.54. The van der Waals surface area contributed by atoms with Crippen LogP contribution in [0.3, 0.4) is 0 Å². The van der Waals surface area contributed by atoms with E-state index in [1.54, 1.807) is 11.3 Å². The van der Waals surface area contributed by atoms with Gasteiger partial charge in [-0.2, -0.15) is 0 Å². The Balaban J connectivity index is 1.99. The summed E-state index contributed by atoms with van der Waals surface area (Å²) in [6, 6.07) is 0.294. The zero-order chi connectivity index (χ0) is 12.1. The van der Waals surface area contributed by atoms with Gasteiger partial charge in [0.25, 0.3) is 0 Å². The molecule has 1 aliphatic heterocycles. The van der Waals surface area contributed by atoms with Gasteiger partial charge in [-0.15, -0.1) is 11.3 Å². The maximum atomic E-state index is 5.67. The van der Waals surface area contributed by atoms with Gasteiger partial charge in [-0.1, -0.05) is 6.92 Å². The maximum absolute atomic E-state index is 5.67. The van der Waals surface area contributed by atoms with E-state index in [4.69, 9.17) is 4.74 Å². The Bertz CT molecular complexity index is 387. The van der Waals surface area contributed by atoms with Crippen molar-refractivity contribution in [3.63, 3.8) is 0 Å². The van der Waals surface area contributed by atoms with Crippen LogP contribution < -0.4 is 5.32 Å². The second-order valence-corrected chi connectivity index (χ2v) is 5.28. The fourth-order valence-corrected chi connectivity index (χ4v) is 2.76. The van der Waals surface area contributed by atoms with Crippen LogP contribution in [0.25, 0.3) is 0 Å². The summed E-state index contributed by atoms with van der Waals surface area (Å²) < 4.78 is 5.67. The lowest BCUT2D eigenvalue weighted by molar-refractivity contribution is 0.214. The summed E-state index contributed by atoms with van der Waals surface area (Å²) in [5.74, 6) is 1.10. The molecular formula is C13H20N2OS. The van der Waals surface area contributed by atoms with Crippen LogP contribution in [-0.2, 0) is 11.2 Å². The molecule has 1 aromatic heterocycles. The first kappa shape index (κ1) is 12.6. The van der Waals surface area contributed by atoms with E-state index in [9.17, 15) is 0 Å². The summed E-state index contributed by atoms with van der Waals surface area (Å²) in [5, 5.41) is 6.84. The number of nitrogens with one attached hydrogen (secondary N) is 1. The monoisotopic (exact) mass is 252 g/mol. The van der Waals surface area contributed by atoms with Crippen LogP contribution in [0, 0.1) is 6.92 Å². The third-order valence-corrected chi connectivity index (χ3v) is 3.75. The van der Waals surface area contributed by atoms with Gasteiger partial charge in [-0.05, 0) is 26.0 Å². The number of nitrogens with zero attached hydrogens (tertiary/aromatic N) is 1. The number of hydrogen-bond acceptors (Lipinski definition) is 4. The van der Waals surface area contributed by atoms with Gasteiger partial charge < -0.3 is 10.1 Å². The smallest absolute Gasteiger partial charge is 0.109 e. The number of aryl methyl sites for hydroxylation is 1. The average Bonchev–Trinajstić information content (AvgIpc) is 2.95. The van der Waals surface area contributed by atoms with Crippen LogP contribution in [0.1, 0.15) is 30.5 Å². The van der Waals surface area contributed by atoms with Gasteiger partial charge >= 0.3 is 0 Å². The molecular weight excluding hydrogens is 232 g/mol. The quantitative estimate of drug-likeness (QED) is 0.845. The fraction of sp³-hybridized carbons (Fsp3) is 0.615. The highest BCUT2D eigenvalue weighted by Gasteiger charge is 2.19. The van der Waals surface area contributed by atoms with Crippen molar-refractivity contribution in [3.8, 4) is 0 Å². The standard InChI is InChI=1S/C13H20N2OS/c1-3-6-14-11(12-5-4-7-16-12)8-13-15-10(2)9-17-13/h5,9,11,14H,3-4,6-8H2,1-2H3. The molecule has 0 spiro atoms. The Labute approximate surface area is 107 Å². The molecule has 1 unspecified atom stereocenters. The van der Waals surface area contributed by atoms with Crippen molar-refractivity contribution in [2.45, 2.75) is 39.2 Å². The molecule has 2 heterocycles. The molecule has 0 saturated heterocycles. The Morgan fingerprint density at radius 2 is 2.47 bits per heavy atom. The molecule has 0 radical (unpaired) electrons. The minimum absolute atomic E-state index is 0.294. The van der Waals surface area contributed by atoms with E-state index < -0.39 is 0 Å². The minimum Gasteiger partial charge on any atom is -0.496 e. The summed E-state index contributed by atoms with van der Waals surface area (Å²) >= 11 is 1.74. The number of hydrogen-bond donors (Lipinski definition) is 1. The Morgan fingerprint density at radius 1 is 1.59 bits per heavy atom. The summed E-state index contributed by atoms with van der Waals surface area (Å²) in [4.78, 5) is 4.53. The average molecular weight is 252 g/mol. The van der Waals surface area contributed by atoms with Crippen molar-refractivity contribution >= 4 is 11.3 Å². The largest absolute Gasteiger partial charge is 0.496 e. The summed E-state index contributed by atoms with van der Waals surface area (Å²) in [6.45, 7) is 6.08. The molecule has 94 valence electrons. The van der Waals surface area contributed by atoms with E-state index in [0.717, 1.165) is 43.9 Å². The number of aromatic nitrogens is 1. The normalized spacial score (nSPS) is 16.7. The van der Waals surface area contributed by atoms with Gasteiger partial charge in [0.15, 0.2) is 0 Å². The van der Waals surface area contributed by atoms with Crippen molar-refractivity contribution in [2.75, 3.05) is 13.2 Å². The lowest BCUT2D eigenvalue weighted by Crippen LogP contribution is -2.33. The Hall–Kier alpha value is -0.870. The van der Waals surface area contributed by atoms with E-state index in [2.05, 4.69) is 28.7 Å². The lowest BCUT2D eigenvalue weighted by Gasteiger charge is -2.18. The summed E-state index contributed by atoms with van der Waals surface area (Å²) in [7, 11) is 0. The van der Waals surface area contributed by atoms with Gasteiger partial charge in [0, 0.05) is 23.9 Å². The zero-order valence-corrected chi connectivity index (χ0v) is 11.3. The van der Waals surface area contributed by atoms with E-state index in [1.165, 1.54) is 5.01 Å². The second kappa shape index (κ2) is 6.17. The Morgan fingerprint density at radius 3 is 3.06 bits per heavy atom. The molecule has 1 N–H and O–H groups in total. The first-order chi connectivity index (χ1) is 8.29. The van der Waals surface area contributed by atoms with E-state index in [1.807, 2.05) is 6.92 Å². The van der Waals surface area contributed by atoms with Crippen molar-refractivity contribution in [1.82, 2.24) is 10.3 Å². The van der Waals surface area contributed by atoms with Crippen LogP contribution in [-0.4, -0.2) is 24.2 Å². The van der Waals surface area contributed by atoms with Crippen molar-refractivity contribution in [2.24, 2.45) is 0 Å². The van der Waals surface area contributed by atoms with Crippen molar-refractivity contribution in [3.05, 3.63) is 27.9 Å². The molecule has 17 heavy (non-hydrogen) atoms. The van der Waals surface area contributed by atoms with Crippen LogP contribution >= 0.6 is 11.3 Å². The van der Waals surface area contributed by atoms with Crippen LogP contribution in [0.2, 0.25) is 0 Å². The van der Waals surface area contributed by atoms with E-state index in [-0.39, 0.29) is 0 Å². The summed E-state index contributed by atoms with van der Waals surface area (Å²) in [6.07, 6.45) is 5.31. The Kier molecular flexibility index (Phi) is 4.57.